The van der Waals surface area contributed by atoms with Crippen molar-refractivity contribution in [1.29, 1.82) is 5.26 Å². The number of nitrogens with zero attached hydrogens (tertiary/aromatic N) is 2. The van der Waals surface area contributed by atoms with E-state index < -0.39 is 0 Å². The minimum absolute atomic E-state index is 0.0146. The largest absolute Gasteiger partial charge is 0.507 e. The van der Waals surface area contributed by atoms with Gasteiger partial charge in [0.05, 0.1) is 23.2 Å². The maximum atomic E-state index is 13.1. The summed E-state index contributed by atoms with van der Waals surface area (Å²) in [6.45, 7) is 4.36. The van der Waals surface area contributed by atoms with Crippen molar-refractivity contribution in [1.82, 2.24) is 4.90 Å². The number of carbonyl (C=O) groups is 1. The average Bonchev–Trinajstić information content (AvgIpc) is 2.67. The number of benzene rings is 3. The SMILES string of the molecule is CCN(C(=O)c1cc2ccccc2cc1O)C(C)c1ccc(C#N)cc1. The zero-order valence-corrected chi connectivity index (χ0v) is 14.8. The summed E-state index contributed by atoms with van der Waals surface area (Å²) in [6.07, 6.45) is 0. The zero-order chi connectivity index (χ0) is 18.7. The first kappa shape index (κ1) is 17.5. The molecule has 0 saturated carbocycles. The third kappa shape index (κ3) is 3.25. The average molecular weight is 344 g/mol. The van der Waals surface area contributed by atoms with Crippen molar-refractivity contribution in [3.63, 3.8) is 0 Å². The number of hydrogen-bond acceptors (Lipinski definition) is 3. The summed E-state index contributed by atoms with van der Waals surface area (Å²) in [5, 5.41) is 21.1. The van der Waals surface area contributed by atoms with E-state index in [1.165, 1.54) is 0 Å². The summed E-state index contributed by atoms with van der Waals surface area (Å²) < 4.78 is 0. The Balaban J connectivity index is 1.95. The molecule has 0 aliphatic heterocycles. The summed E-state index contributed by atoms with van der Waals surface area (Å²) in [5.74, 6) is -0.230. The molecule has 3 aromatic carbocycles. The van der Waals surface area contributed by atoms with Gasteiger partial charge in [-0.3, -0.25) is 4.79 Å². The maximum absolute atomic E-state index is 13.1. The number of rotatable bonds is 4. The molecular weight excluding hydrogens is 324 g/mol. The molecule has 0 aromatic heterocycles. The Labute approximate surface area is 152 Å². The van der Waals surface area contributed by atoms with Crippen molar-refractivity contribution < 1.29 is 9.90 Å². The van der Waals surface area contributed by atoms with Gasteiger partial charge in [-0.2, -0.15) is 5.26 Å². The van der Waals surface area contributed by atoms with E-state index in [-0.39, 0.29) is 17.7 Å². The second-order valence-electron chi connectivity index (χ2n) is 6.22. The molecule has 0 fully saturated rings. The minimum atomic E-state index is -0.215. The Hall–Kier alpha value is -3.32. The summed E-state index contributed by atoms with van der Waals surface area (Å²) in [4.78, 5) is 14.8. The van der Waals surface area contributed by atoms with Crippen molar-refractivity contribution in [2.45, 2.75) is 19.9 Å². The third-order valence-corrected chi connectivity index (χ3v) is 4.69. The third-order valence-electron chi connectivity index (χ3n) is 4.69. The molecule has 3 aromatic rings. The molecule has 1 atom stereocenters. The van der Waals surface area contributed by atoms with Crippen molar-refractivity contribution in [2.24, 2.45) is 0 Å². The van der Waals surface area contributed by atoms with Crippen LogP contribution >= 0.6 is 0 Å². The molecule has 0 heterocycles. The van der Waals surface area contributed by atoms with Crippen molar-refractivity contribution in [2.75, 3.05) is 6.54 Å². The molecule has 4 nitrogen and oxygen atoms in total. The standard InChI is InChI=1S/C22H20N2O2/c1-3-24(15(2)17-10-8-16(14-23)9-11-17)22(26)20-12-18-6-4-5-7-19(18)13-21(20)25/h4-13,15,25H,3H2,1-2H3. The highest BCUT2D eigenvalue weighted by Crippen LogP contribution is 2.29. The zero-order valence-electron chi connectivity index (χ0n) is 14.8. The van der Waals surface area contributed by atoms with Crippen molar-refractivity contribution >= 4 is 16.7 Å². The minimum Gasteiger partial charge on any atom is -0.507 e. The van der Waals surface area contributed by atoms with Gasteiger partial charge in [0, 0.05) is 6.54 Å². The van der Waals surface area contributed by atoms with Crippen molar-refractivity contribution in [3.05, 3.63) is 77.4 Å². The Bertz CT molecular complexity index is 987. The van der Waals surface area contributed by atoms with E-state index in [2.05, 4.69) is 6.07 Å². The number of carbonyl (C=O) groups excluding carboxylic acids is 1. The Morgan fingerprint density at radius 3 is 2.31 bits per heavy atom. The first-order valence-corrected chi connectivity index (χ1v) is 8.58. The normalized spacial score (nSPS) is 11.7. The van der Waals surface area contributed by atoms with Gasteiger partial charge in [-0.15, -0.1) is 0 Å². The number of phenols is 1. The summed E-state index contributed by atoms with van der Waals surface area (Å²) in [7, 11) is 0. The molecule has 1 amide bonds. The van der Waals surface area contributed by atoms with Gasteiger partial charge >= 0.3 is 0 Å². The lowest BCUT2D eigenvalue weighted by Crippen LogP contribution is -2.33. The molecule has 0 saturated heterocycles. The van der Waals surface area contributed by atoms with E-state index in [0.29, 0.717) is 17.7 Å². The van der Waals surface area contributed by atoms with Crippen LogP contribution in [0.1, 0.15) is 41.4 Å². The van der Waals surface area contributed by atoms with Crippen molar-refractivity contribution in [3.8, 4) is 11.8 Å². The fraction of sp³-hybridized carbons (Fsp3) is 0.182. The molecule has 0 radical (unpaired) electrons. The predicted octanol–water partition coefficient (Wildman–Crippen LogP) is 4.64. The number of hydrogen-bond donors (Lipinski definition) is 1. The first-order valence-electron chi connectivity index (χ1n) is 8.58. The smallest absolute Gasteiger partial charge is 0.258 e. The molecule has 1 unspecified atom stereocenters. The molecule has 0 aliphatic carbocycles. The fourth-order valence-electron chi connectivity index (χ4n) is 3.16. The van der Waals surface area contributed by atoms with Crippen LogP contribution in [0.2, 0.25) is 0 Å². The monoisotopic (exact) mass is 344 g/mol. The van der Waals surface area contributed by atoms with Crippen LogP contribution in [-0.4, -0.2) is 22.5 Å². The number of phenolic OH excluding ortho intramolecular Hbond substituents is 1. The van der Waals surface area contributed by atoms with E-state index in [1.54, 1.807) is 29.2 Å². The molecular formula is C22H20N2O2. The van der Waals surface area contributed by atoms with E-state index >= 15 is 0 Å². The molecule has 0 bridgehead atoms. The Morgan fingerprint density at radius 1 is 1.12 bits per heavy atom. The number of aromatic hydroxyl groups is 1. The summed E-state index contributed by atoms with van der Waals surface area (Å²) in [6, 6.07) is 20.1. The molecule has 4 heteroatoms. The number of nitriles is 1. The second kappa shape index (κ2) is 7.28. The van der Waals surface area contributed by atoms with Crippen LogP contribution in [0.4, 0.5) is 0 Å². The van der Waals surface area contributed by atoms with E-state index in [1.807, 2.05) is 50.2 Å². The first-order chi connectivity index (χ1) is 12.5. The quantitative estimate of drug-likeness (QED) is 0.750. The molecule has 26 heavy (non-hydrogen) atoms. The lowest BCUT2D eigenvalue weighted by molar-refractivity contribution is 0.0699. The highest BCUT2D eigenvalue weighted by atomic mass is 16.3. The highest BCUT2D eigenvalue weighted by molar-refractivity contribution is 6.01. The molecule has 0 spiro atoms. The second-order valence-corrected chi connectivity index (χ2v) is 6.22. The Kier molecular flexibility index (Phi) is 4.90. The molecule has 3 rings (SSSR count). The van der Waals surface area contributed by atoms with E-state index in [9.17, 15) is 9.90 Å². The van der Waals surface area contributed by atoms with Gasteiger partial charge in [-0.05, 0) is 54.4 Å². The van der Waals surface area contributed by atoms with Crippen LogP contribution in [0.3, 0.4) is 0 Å². The highest BCUT2D eigenvalue weighted by Gasteiger charge is 2.24. The van der Waals surface area contributed by atoms with Crippen LogP contribution in [0.25, 0.3) is 10.8 Å². The van der Waals surface area contributed by atoms with Gasteiger partial charge in [-0.25, -0.2) is 0 Å². The molecule has 130 valence electrons. The predicted molar refractivity (Wildman–Crippen MR) is 102 cm³/mol. The number of amides is 1. The van der Waals surface area contributed by atoms with Crippen LogP contribution in [0.15, 0.2) is 60.7 Å². The van der Waals surface area contributed by atoms with Gasteiger partial charge in [0.2, 0.25) is 0 Å². The van der Waals surface area contributed by atoms with Gasteiger partial charge in [0.1, 0.15) is 5.75 Å². The number of fused-ring (bicyclic) bond motifs is 1. The van der Waals surface area contributed by atoms with Gasteiger partial charge in [0.15, 0.2) is 0 Å². The summed E-state index contributed by atoms with van der Waals surface area (Å²) in [5.41, 5.74) is 1.83. The Morgan fingerprint density at radius 2 is 1.73 bits per heavy atom. The maximum Gasteiger partial charge on any atom is 0.258 e. The van der Waals surface area contributed by atoms with Crippen LogP contribution < -0.4 is 0 Å². The van der Waals surface area contributed by atoms with E-state index in [4.69, 9.17) is 5.26 Å². The van der Waals surface area contributed by atoms with Crippen LogP contribution in [0.5, 0.6) is 5.75 Å². The fourth-order valence-corrected chi connectivity index (χ4v) is 3.16. The topological polar surface area (TPSA) is 64.3 Å². The van der Waals surface area contributed by atoms with Gasteiger partial charge in [0.25, 0.3) is 5.91 Å². The lowest BCUT2D eigenvalue weighted by atomic mass is 10.0. The van der Waals surface area contributed by atoms with Gasteiger partial charge < -0.3 is 10.0 Å². The molecule has 1 N–H and O–H groups in total. The van der Waals surface area contributed by atoms with E-state index in [0.717, 1.165) is 16.3 Å². The summed E-state index contributed by atoms with van der Waals surface area (Å²) >= 11 is 0. The van der Waals surface area contributed by atoms with Crippen LogP contribution in [0, 0.1) is 11.3 Å². The molecule has 0 aliphatic rings. The van der Waals surface area contributed by atoms with Gasteiger partial charge in [-0.1, -0.05) is 36.4 Å². The van der Waals surface area contributed by atoms with Crippen LogP contribution in [-0.2, 0) is 0 Å². The lowest BCUT2D eigenvalue weighted by Gasteiger charge is -2.29.